The van der Waals surface area contributed by atoms with Crippen LogP contribution in [0.4, 0.5) is 8.78 Å². The first kappa shape index (κ1) is 10.1. The lowest BCUT2D eigenvalue weighted by Crippen LogP contribution is -2.12. The highest BCUT2D eigenvalue weighted by atomic mass is 19.2. The Kier molecular flexibility index (Phi) is 2.66. The second kappa shape index (κ2) is 3.96. The normalized spacial score (nSPS) is 15.1. The Morgan fingerprint density at radius 1 is 1.33 bits per heavy atom. The Balaban J connectivity index is 1.92. The number of carbonyl (C=O) groups is 1. The molecule has 2 nitrogen and oxygen atoms in total. The van der Waals surface area contributed by atoms with Crippen molar-refractivity contribution in [1.29, 1.82) is 0 Å². The molecule has 1 aliphatic rings. The van der Waals surface area contributed by atoms with Crippen LogP contribution in [0.15, 0.2) is 18.2 Å². The van der Waals surface area contributed by atoms with Crippen molar-refractivity contribution in [1.82, 2.24) is 0 Å². The molecule has 1 aromatic carbocycles. The number of hydrogen-bond acceptors (Lipinski definition) is 2. The molecule has 0 aliphatic heterocycles. The predicted octanol–water partition coefficient (Wildman–Crippen LogP) is 2.32. The Bertz CT molecular complexity index is 386. The first-order chi connectivity index (χ1) is 7.16. The van der Waals surface area contributed by atoms with E-state index in [4.69, 9.17) is 4.74 Å². The molecule has 0 N–H and O–H groups in total. The second-order valence-corrected chi connectivity index (χ2v) is 3.61. The van der Waals surface area contributed by atoms with Gasteiger partial charge in [-0.2, -0.15) is 0 Å². The number of Topliss-reactive ketones (excluding diaryl/α,β-unsaturated/α-hetero) is 1. The van der Waals surface area contributed by atoms with E-state index >= 15 is 0 Å². The van der Waals surface area contributed by atoms with Gasteiger partial charge in [0.2, 0.25) is 0 Å². The van der Waals surface area contributed by atoms with Crippen molar-refractivity contribution < 1.29 is 18.3 Å². The molecule has 0 bridgehead atoms. The summed E-state index contributed by atoms with van der Waals surface area (Å²) in [4.78, 5) is 11.2. The van der Waals surface area contributed by atoms with E-state index in [-0.39, 0.29) is 24.1 Å². The van der Waals surface area contributed by atoms with E-state index in [2.05, 4.69) is 0 Å². The largest absolute Gasteiger partial charge is 0.486 e. The number of rotatable bonds is 4. The summed E-state index contributed by atoms with van der Waals surface area (Å²) in [5, 5.41) is 0. The van der Waals surface area contributed by atoms with Crippen LogP contribution < -0.4 is 4.74 Å². The Hall–Kier alpha value is -1.45. The number of ether oxygens (including phenoxy) is 1. The minimum Gasteiger partial charge on any atom is -0.486 e. The molecule has 1 saturated carbocycles. The average Bonchev–Trinajstić information content (AvgIpc) is 3.03. The summed E-state index contributed by atoms with van der Waals surface area (Å²) >= 11 is 0. The molecule has 0 radical (unpaired) electrons. The molecule has 1 fully saturated rings. The summed E-state index contributed by atoms with van der Waals surface area (Å²) in [6, 6.07) is 3.22. The summed E-state index contributed by atoms with van der Waals surface area (Å²) in [7, 11) is 0. The molecule has 0 heterocycles. The van der Waals surface area contributed by atoms with E-state index in [9.17, 15) is 13.6 Å². The van der Waals surface area contributed by atoms with Gasteiger partial charge in [-0.1, -0.05) is 0 Å². The fourth-order valence-corrected chi connectivity index (χ4v) is 1.24. The van der Waals surface area contributed by atoms with Crippen molar-refractivity contribution in [2.75, 3.05) is 6.61 Å². The van der Waals surface area contributed by atoms with Gasteiger partial charge in [-0.3, -0.25) is 4.79 Å². The van der Waals surface area contributed by atoms with Gasteiger partial charge in [-0.05, 0) is 25.0 Å². The maximum atomic E-state index is 12.7. The van der Waals surface area contributed by atoms with Gasteiger partial charge >= 0.3 is 0 Å². The zero-order valence-corrected chi connectivity index (χ0v) is 8.00. The molecule has 15 heavy (non-hydrogen) atoms. The molecule has 0 saturated heterocycles. The first-order valence-corrected chi connectivity index (χ1v) is 4.77. The molecular weight excluding hydrogens is 202 g/mol. The van der Waals surface area contributed by atoms with Crippen molar-refractivity contribution in [3.63, 3.8) is 0 Å². The molecule has 0 spiro atoms. The Morgan fingerprint density at radius 2 is 2.07 bits per heavy atom. The van der Waals surface area contributed by atoms with Crippen molar-refractivity contribution in [2.24, 2.45) is 5.92 Å². The molecule has 1 aromatic rings. The third-order valence-corrected chi connectivity index (χ3v) is 2.30. The van der Waals surface area contributed by atoms with E-state index in [0.717, 1.165) is 25.0 Å². The molecule has 80 valence electrons. The van der Waals surface area contributed by atoms with Gasteiger partial charge < -0.3 is 4.74 Å². The predicted molar refractivity (Wildman–Crippen MR) is 49.6 cm³/mol. The van der Waals surface area contributed by atoms with Gasteiger partial charge in [-0.25, -0.2) is 8.78 Å². The van der Waals surface area contributed by atoms with Crippen LogP contribution in [0, 0.1) is 17.6 Å². The highest BCUT2D eigenvalue weighted by molar-refractivity contribution is 5.84. The highest BCUT2D eigenvalue weighted by Crippen LogP contribution is 2.30. The summed E-state index contributed by atoms with van der Waals surface area (Å²) < 4.78 is 30.3. The van der Waals surface area contributed by atoms with Crippen molar-refractivity contribution >= 4 is 5.78 Å². The van der Waals surface area contributed by atoms with Gasteiger partial charge in [0.05, 0.1) is 0 Å². The summed E-state index contributed by atoms with van der Waals surface area (Å²) in [6.45, 7) is -0.0598. The maximum absolute atomic E-state index is 12.7. The second-order valence-electron chi connectivity index (χ2n) is 3.61. The number of hydrogen-bond donors (Lipinski definition) is 0. The van der Waals surface area contributed by atoms with E-state index in [0.29, 0.717) is 0 Å². The molecule has 0 unspecified atom stereocenters. The topological polar surface area (TPSA) is 26.3 Å². The van der Waals surface area contributed by atoms with Gasteiger partial charge in [0.1, 0.15) is 12.4 Å². The van der Waals surface area contributed by atoms with Crippen LogP contribution in [-0.2, 0) is 4.79 Å². The Labute approximate surface area is 85.9 Å². The highest BCUT2D eigenvalue weighted by Gasteiger charge is 2.29. The molecule has 4 heteroatoms. The van der Waals surface area contributed by atoms with Crippen LogP contribution in [-0.4, -0.2) is 12.4 Å². The van der Waals surface area contributed by atoms with Gasteiger partial charge in [-0.15, -0.1) is 0 Å². The molecule has 0 amide bonds. The van der Waals surface area contributed by atoms with E-state index in [1.54, 1.807) is 0 Å². The fourth-order valence-electron chi connectivity index (χ4n) is 1.24. The number of carbonyl (C=O) groups excluding carboxylic acids is 1. The lowest BCUT2D eigenvalue weighted by molar-refractivity contribution is -0.122. The van der Waals surface area contributed by atoms with Crippen LogP contribution in [0.5, 0.6) is 5.75 Å². The molecule has 2 rings (SSSR count). The fraction of sp³-hybridized carbons (Fsp3) is 0.364. The van der Waals surface area contributed by atoms with Crippen LogP contribution in [0.1, 0.15) is 12.8 Å². The first-order valence-electron chi connectivity index (χ1n) is 4.77. The van der Waals surface area contributed by atoms with E-state index in [1.165, 1.54) is 6.07 Å². The van der Waals surface area contributed by atoms with Crippen LogP contribution in [0.3, 0.4) is 0 Å². The van der Waals surface area contributed by atoms with Crippen LogP contribution in [0.25, 0.3) is 0 Å². The van der Waals surface area contributed by atoms with Crippen molar-refractivity contribution in [3.05, 3.63) is 29.8 Å². The third-order valence-electron chi connectivity index (χ3n) is 2.30. The number of halogens is 2. The average molecular weight is 212 g/mol. The minimum atomic E-state index is -0.966. The summed E-state index contributed by atoms with van der Waals surface area (Å²) in [5.41, 5.74) is 0. The van der Waals surface area contributed by atoms with Crippen molar-refractivity contribution in [3.8, 4) is 5.75 Å². The Morgan fingerprint density at radius 3 is 2.67 bits per heavy atom. The quantitative estimate of drug-likeness (QED) is 0.765. The smallest absolute Gasteiger partial charge is 0.173 e. The minimum absolute atomic E-state index is 0.0275. The lowest BCUT2D eigenvalue weighted by atomic mass is 10.3. The molecule has 0 aromatic heterocycles. The standard InChI is InChI=1S/C11H10F2O2/c12-9-4-3-8(5-10(9)13)15-6-11(14)7-1-2-7/h3-5,7H,1-2,6H2. The van der Waals surface area contributed by atoms with Gasteiger partial charge in [0.25, 0.3) is 0 Å². The SMILES string of the molecule is O=C(COc1ccc(F)c(F)c1)C1CC1. The van der Waals surface area contributed by atoms with Gasteiger partial charge in [0, 0.05) is 12.0 Å². The molecule has 0 atom stereocenters. The zero-order chi connectivity index (χ0) is 10.8. The monoisotopic (exact) mass is 212 g/mol. The van der Waals surface area contributed by atoms with E-state index < -0.39 is 11.6 Å². The van der Waals surface area contributed by atoms with Crippen LogP contribution in [0.2, 0.25) is 0 Å². The maximum Gasteiger partial charge on any atom is 0.173 e. The molecular formula is C11H10F2O2. The van der Waals surface area contributed by atoms with Crippen molar-refractivity contribution in [2.45, 2.75) is 12.8 Å². The zero-order valence-electron chi connectivity index (χ0n) is 8.00. The number of benzene rings is 1. The van der Waals surface area contributed by atoms with E-state index in [1.807, 2.05) is 0 Å². The third kappa shape index (κ3) is 2.52. The molecule has 1 aliphatic carbocycles. The van der Waals surface area contributed by atoms with Crippen LogP contribution >= 0.6 is 0 Å². The summed E-state index contributed by atoms with van der Waals surface area (Å²) in [6.07, 6.45) is 1.83. The summed E-state index contributed by atoms with van der Waals surface area (Å²) in [5.74, 6) is -1.56. The number of ketones is 1. The van der Waals surface area contributed by atoms with Gasteiger partial charge in [0.15, 0.2) is 17.4 Å². The lowest BCUT2D eigenvalue weighted by Gasteiger charge is -2.04.